The summed E-state index contributed by atoms with van der Waals surface area (Å²) in [6.45, 7) is 12.2. The molecular weight excluding hydrogens is 372 g/mol. The van der Waals surface area contributed by atoms with Crippen LogP contribution < -0.4 is 10.6 Å². The number of hydrogen-bond donors (Lipinski definition) is 2. The molecule has 0 saturated heterocycles. The third-order valence-electron chi connectivity index (χ3n) is 4.82. The van der Waals surface area contributed by atoms with E-state index in [-0.39, 0.29) is 17.4 Å². The second-order valence-electron chi connectivity index (χ2n) is 8.19. The van der Waals surface area contributed by atoms with E-state index in [4.69, 9.17) is 4.74 Å². The van der Waals surface area contributed by atoms with Crippen molar-refractivity contribution in [3.05, 3.63) is 29.8 Å². The first-order valence-corrected chi connectivity index (χ1v) is 12.1. The number of esters is 1. The molecule has 2 amide bonds. The lowest BCUT2D eigenvalue weighted by Gasteiger charge is -2.31. The molecule has 1 rings (SSSR count). The van der Waals surface area contributed by atoms with E-state index in [1.165, 1.54) is 14.0 Å². The normalized spacial score (nSPS) is 12.2. The van der Waals surface area contributed by atoms with Crippen LogP contribution in [0.25, 0.3) is 0 Å². The maximum absolute atomic E-state index is 12.6. The molecule has 0 aliphatic rings. The molecule has 0 aliphatic carbocycles. The SMILES string of the molecule is COC(=O)[C@@H](CC#C[Si](C)(C)C(C)(C)C)NC(=O)c1cccc(NC(C)=O)c1. The summed E-state index contributed by atoms with van der Waals surface area (Å²) in [6.07, 6.45) is 0.177. The second-order valence-corrected chi connectivity index (χ2v) is 13.2. The molecule has 0 unspecified atom stereocenters. The molecule has 2 N–H and O–H groups in total. The fourth-order valence-corrected chi connectivity index (χ4v) is 3.00. The van der Waals surface area contributed by atoms with Crippen LogP contribution in [0.1, 0.15) is 44.5 Å². The van der Waals surface area contributed by atoms with Gasteiger partial charge < -0.3 is 15.4 Å². The molecule has 7 heteroatoms. The predicted molar refractivity (Wildman–Crippen MR) is 114 cm³/mol. The highest BCUT2D eigenvalue weighted by atomic mass is 28.3. The van der Waals surface area contributed by atoms with Gasteiger partial charge in [-0.05, 0) is 23.2 Å². The van der Waals surface area contributed by atoms with Gasteiger partial charge in [-0.1, -0.05) is 39.9 Å². The highest BCUT2D eigenvalue weighted by molar-refractivity contribution is 6.87. The van der Waals surface area contributed by atoms with Crippen LogP contribution in [0.15, 0.2) is 24.3 Å². The Bertz CT molecular complexity index is 801. The number of carbonyl (C=O) groups is 3. The van der Waals surface area contributed by atoms with Crippen molar-refractivity contribution in [2.75, 3.05) is 12.4 Å². The van der Waals surface area contributed by atoms with E-state index in [1.54, 1.807) is 24.3 Å². The Kier molecular flexibility index (Phi) is 8.00. The molecule has 1 aromatic carbocycles. The highest BCUT2D eigenvalue weighted by Crippen LogP contribution is 2.35. The summed E-state index contributed by atoms with van der Waals surface area (Å²) in [5, 5.41) is 5.41. The number of rotatable bonds is 5. The van der Waals surface area contributed by atoms with Crippen LogP contribution in [0, 0.1) is 11.5 Å². The van der Waals surface area contributed by atoms with Gasteiger partial charge in [-0.15, -0.1) is 11.5 Å². The van der Waals surface area contributed by atoms with Crippen molar-refractivity contribution in [3.63, 3.8) is 0 Å². The van der Waals surface area contributed by atoms with Crippen LogP contribution >= 0.6 is 0 Å². The highest BCUT2D eigenvalue weighted by Gasteiger charge is 2.33. The Morgan fingerprint density at radius 2 is 1.86 bits per heavy atom. The lowest BCUT2D eigenvalue weighted by atomic mass is 10.1. The van der Waals surface area contributed by atoms with Gasteiger partial charge in [0, 0.05) is 24.6 Å². The van der Waals surface area contributed by atoms with Gasteiger partial charge in [-0.2, -0.15) is 0 Å². The van der Waals surface area contributed by atoms with Crippen molar-refractivity contribution in [2.24, 2.45) is 0 Å². The van der Waals surface area contributed by atoms with Crippen molar-refractivity contribution >= 4 is 31.5 Å². The van der Waals surface area contributed by atoms with Crippen molar-refractivity contribution in [1.82, 2.24) is 5.32 Å². The van der Waals surface area contributed by atoms with Crippen LogP contribution in [0.4, 0.5) is 5.69 Å². The summed E-state index contributed by atoms with van der Waals surface area (Å²) < 4.78 is 4.81. The summed E-state index contributed by atoms with van der Waals surface area (Å²) in [5.74, 6) is 1.87. The lowest BCUT2D eigenvalue weighted by molar-refractivity contribution is -0.142. The van der Waals surface area contributed by atoms with Crippen LogP contribution in [0.2, 0.25) is 18.1 Å². The molecule has 1 aromatic rings. The zero-order chi connectivity index (χ0) is 21.5. The first-order valence-electron chi connectivity index (χ1n) is 9.14. The first kappa shape index (κ1) is 23.4. The van der Waals surface area contributed by atoms with E-state index in [0.29, 0.717) is 11.3 Å². The number of hydrogen-bond acceptors (Lipinski definition) is 4. The van der Waals surface area contributed by atoms with Crippen LogP contribution in [-0.2, 0) is 14.3 Å². The zero-order valence-electron chi connectivity index (χ0n) is 17.7. The van der Waals surface area contributed by atoms with Gasteiger partial charge in [0.05, 0.1) is 7.11 Å². The number of methoxy groups -OCH3 is 1. The molecule has 0 saturated carbocycles. The molecule has 0 radical (unpaired) electrons. The minimum Gasteiger partial charge on any atom is -0.467 e. The van der Waals surface area contributed by atoms with Crippen LogP contribution in [0.5, 0.6) is 0 Å². The van der Waals surface area contributed by atoms with E-state index < -0.39 is 26.0 Å². The largest absolute Gasteiger partial charge is 0.467 e. The van der Waals surface area contributed by atoms with E-state index in [2.05, 4.69) is 56.0 Å². The fraction of sp³-hybridized carbons (Fsp3) is 0.476. The summed E-state index contributed by atoms with van der Waals surface area (Å²) >= 11 is 0. The van der Waals surface area contributed by atoms with Crippen molar-refractivity contribution in [2.45, 2.75) is 58.3 Å². The van der Waals surface area contributed by atoms with Gasteiger partial charge in [0.1, 0.15) is 14.1 Å². The quantitative estimate of drug-likeness (QED) is 0.449. The third kappa shape index (κ3) is 6.85. The number of carbonyl (C=O) groups excluding carboxylic acids is 3. The number of anilines is 1. The maximum Gasteiger partial charge on any atom is 0.329 e. The average Bonchev–Trinajstić information content (AvgIpc) is 2.58. The molecule has 0 heterocycles. The van der Waals surface area contributed by atoms with Gasteiger partial charge in [0.15, 0.2) is 0 Å². The van der Waals surface area contributed by atoms with Crippen LogP contribution in [-0.4, -0.2) is 39.0 Å². The Hall–Kier alpha value is -2.59. The van der Waals surface area contributed by atoms with Gasteiger partial charge in [-0.25, -0.2) is 4.79 Å². The standard InChI is InChI=1S/C21H30N2O4Si/c1-15(24)22-17-11-8-10-16(14-17)19(25)23-18(20(26)27-5)12-9-13-28(6,7)21(2,3)4/h8,10-11,14,18H,12H2,1-7H3,(H,22,24)(H,23,25)/t18-/m1/s1. The van der Waals surface area contributed by atoms with Gasteiger partial charge in [0.25, 0.3) is 5.91 Å². The van der Waals surface area contributed by atoms with Crippen molar-refractivity contribution in [1.29, 1.82) is 0 Å². The molecule has 6 nitrogen and oxygen atoms in total. The number of benzene rings is 1. The minimum absolute atomic E-state index is 0.105. The van der Waals surface area contributed by atoms with Gasteiger partial charge >= 0.3 is 5.97 Å². The summed E-state index contributed by atoms with van der Waals surface area (Å²) in [4.78, 5) is 35.8. The first-order chi connectivity index (χ1) is 12.9. The summed E-state index contributed by atoms with van der Waals surface area (Å²) in [7, 11) is -0.532. The smallest absolute Gasteiger partial charge is 0.329 e. The van der Waals surface area contributed by atoms with Crippen molar-refractivity contribution < 1.29 is 19.1 Å². The Labute approximate surface area is 168 Å². The molecule has 1 atom stereocenters. The van der Waals surface area contributed by atoms with Crippen molar-refractivity contribution in [3.8, 4) is 11.5 Å². The second kappa shape index (κ2) is 9.56. The Morgan fingerprint density at radius 1 is 1.21 bits per heavy atom. The molecule has 0 bridgehead atoms. The molecule has 0 fully saturated rings. The fourth-order valence-electron chi connectivity index (χ4n) is 2.08. The van der Waals surface area contributed by atoms with Gasteiger partial charge in [0.2, 0.25) is 5.91 Å². The van der Waals surface area contributed by atoms with Crippen LogP contribution in [0.3, 0.4) is 0 Å². The Balaban J connectivity index is 2.95. The summed E-state index contributed by atoms with van der Waals surface area (Å²) in [5.41, 5.74) is 4.17. The molecule has 0 spiro atoms. The molecule has 0 aromatic heterocycles. The third-order valence-corrected chi connectivity index (χ3v) is 9.37. The molecule has 152 valence electrons. The number of amides is 2. The van der Waals surface area contributed by atoms with E-state index in [0.717, 1.165) is 0 Å². The monoisotopic (exact) mass is 402 g/mol. The van der Waals surface area contributed by atoms with E-state index in [9.17, 15) is 14.4 Å². The Morgan fingerprint density at radius 3 is 2.39 bits per heavy atom. The average molecular weight is 403 g/mol. The summed E-state index contributed by atoms with van der Waals surface area (Å²) in [6, 6.07) is 5.63. The van der Waals surface area contributed by atoms with Gasteiger partial charge in [-0.3, -0.25) is 9.59 Å². The molecule has 28 heavy (non-hydrogen) atoms. The number of nitrogens with one attached hydrogen (secondary N) is 2. The zero-order valence-corrected chi connectivity index (χ0v) is 18.7. The molecular formula is C21H30N2O4Si. The lowest BCUT2D eigenvalue weighted by Crippen LogP contribution is -2.41. The van der Waals surface area contributed by atoms with E-state index >= 15 is 0 Å². The maximum atomic E-state index is 12.6. The minimum atomic E-state index is -1.81. The number of ether oxygens (including phenoxy) is 1. The predicted octanol–water partition coefficient (Wildman–Crippen LogP) is 3.36. The topological polar surface area (TPSA) is 84.5 Å². The molecule has 0 aliphatic heterocycles. The van der Waals surface area contributed by atoms with E-state index in [1.807, 2.05) is 0 Å².